The Morgan fingerprint density at radius 1 is 1.38 bits per heavy atom. The van der Waals surface area contributed by atoms with Crippen molar-refractivity contribution in [1.82, 2.24) is 0 Å². The number of aliphatic hydroxyl groups excluding tert-OH is 1. The third kappa shape index (κ3) is 4.34. The molecule has 1 saturated carbocycles. The molecule has 0 aromatic heterocycles. The Morgan fingerprint density at radius 3 is 2.73 bits per heavy atom. The summed E-state index contributed by atoms with van der Waals surface area (Å²) < 4.78 is 17.6. The van der Waals surface area contributed by atoms with Crippen molar-refractivity contribution in [2.45, 2.75) is 75.7 Å². The molecule has 1 aromatic carbocycles. The SMILES string of the molecule is C=CCCC1(O[C@@H]2O[C@@H](C)[C@H](OC(=O)c3ccccc3)C[C@H]2O)CCC1. The van der Waals surface area contributed by atoms with Gasteiger partial charge in [0.25, 0.3) is 0 Å². The minimum absolute atomic E-state index is 0.215. The van der Waals surface area contributed by atoms with Crippen molar-refractivity contribution < 1.29 is 24.1 Å². The van der Waals surface area contributed by atoms with Crippen molar-refractivity contribution in [3.05, 3.63) is 48.6 Å². The number of hydrogen-bond donors (Lipinski definition) is 1. The third-order valence-electron chi connectivity index (χ3n) is 5.36. The highest BCUT2D eigenvalue weighted by molar-refractivity contribution is 5.89. The van der Waals surface area contributed by atoms with Crippen LogP contribution in [0.3, 0.4) is 0 Å². The molecule has 0 unspecified atom stereocenters. The molecule has 26 heavy (non-hydrogen) atoms. The summed E-state index contributed by atoms with van der Waals surface area (Å²) in [6.07, 6.45) is 4.73. The standard InChI is InChI=1S/C21H28O5/c1-3-4-11-21(12-8-13-21)26-20-17(22)14-18(15(2)24-20)25-19(23)16-9-6-5-7-10-16/h3,5-7,9-10,15,17-18,20,22H,1,4,8,11-14H2,2H3/t15-,17+,18+,20-/m0/s1. The Kier molecular flexibility index (Phi) is 6.12. The number of benzene rings is 1. The molecule has 0 bridgehead atoms. The summed E-state index contributed by atoms with van der Waals surface area (Å²) in [6, 6.07) is 8.84. The van der Waals surface area contributed by atoms with Crippen LogP contribution in [0.1, 0.15) is 55.8 Å². The zero-order valence-electron chi connectivity index (χ0n) is 15.3. The van der Waals surface area contributed by atoms with Crippen LogP contribution in [0.4, 0.5) is 0 Å². The van der Waals surface area contributed by atoms with Crippen LogP contribution in [-0.2, 0) is 14.2 Å². The van der Waals surface area contributed by atoms with Crippen LogP contribution in [0.5, 0.6) is 0 Å². The van der Waals surface area contributed by atoms with Gasteiger partial charge in [0.2, 0.25) is 0 Å². The molecule has 2 aliphatic rings. The molecular formula is C21H28O5. The van der Waals surface area contributed by atoms with Gasteiger partial charge in [-0.05, 0) is 51.2 Å². The van der Waals surface area contributed by atoms with E-state index in [0.29, 0.717) is 12.0 Å². The molecule has 0 radical (unpaired) electrons. The molecule has 1 aliphatic carbocycles. The second kappa shape index (κ2) is 8.33. The van der Waals surface area contributed by atoms with E-state index < -0.39 is 24.5 Å². The minimum atomic E-state index is -0.819. The smallest absolute Gasteiger partial charge is 0.338 e. The molecule has 0 amide bonds. The van der Waals surface area contributed by atoms with Crippen molar-refractivity contribution in [2.75, 3.05) is 0 Å². The fraction of sp³-hybridized carbons (Fsp3) is 0.571. The second-order valence-corrected chi connectivity index (χ2v) is 7.30. The molecule has 3 rings (SSSR count). The molecule has 1 N–H and O–H groups in total. The van der Waals surface area contributed by atoms with Crippen LogP contribution >= 0.6 is 0 Å². The van der Waals surface area contributed by atoms with E-state index in [-0.39, 0.29) is 11.7 Å². The van der Waals surface area contributed by atoms with Gasteiger partial charge in [0.15, 0.2) is 6.29 Å². The molecule has 1 aliphatic heterocycles. The van der Waals surface area contributed by atoms with Crippen LogP contribution in [0.25, 0.3) is 0 Å². The van der Waals surface area contributed by atoms with Gasteiger partial charge in [-0.2, -0.15) is 0 Å². The molecule has 1 heterocycles. The van der Waals surface area contributed by atoms with Gasteiger partial charge in [-0.1, -0.05) is 24.3 Å². The first kappa shape index (κ1) is 19.1. The van der Waals surface area contributed by atoms with Crippen molar-refractivity contribution in [3.63, 3.8) is 0 Å². The lowest BCUT2D eigenvalue weighted by Gasteiger charge is -2.47. The van der Waals surface area contributed by atoms with Crippen molar-refractivity contribution in [1.29, 1.82) is 0 Å². The zero-order valence-corrected chi connectivity index (χ0v) is 15.3. The molecule has 142 valence electrons. The highest BCUT2D eigenvalue weighted by Gasteiger charge is 2.45. The van der Waals surface area contributed by atoms with E-state index in [0.717, 1.165) is 32.1 Å². The van der Waals surface area contributed by atoms with Crippen LogP contribution in [-0.4, -0.2) is 41.3 Å². The molecule has 5 nitrogen and oxygen atoms in total. The maximum absolute atomic E-state index is 12.2. The van der Waals surface area contributed by atoms with Gasteiger partial charge in [-0.15, -0.1) is 6.58 Å². The number of rotatable bonds is 7. The van der Waals surface area contributed by atoms with Gasteiger partial charge in [0, 0.05) is 6.42 Å². The Morgan fingerprint density at radius 2 is 2.12 bits per heavy atom. The van der Waals surface area contributed by atoms with Crippen LogP contribution in [0.2, 0.25) is 0 Å². The second-order valence-electron chi connectivity index (χ2n) is 7.30. The fourth-order valence-corrected chi connectivity index (χ4v) is 3.57. The van der Waals surface area contributed by atoms with Gasteiger partial charge in [0.1, 0.15) is 12.2 Å². The number of esters is 1. The summed E-state index contributed by atoms with van der Waals surface area (Å²) in [6.45, 7) is 5.62. The van der Waals surface area contributed by atoms with E-state index in [1.165, 1.54) is 0 Å². The molecule has 1 aromatic rings. The highest BCUT2D eigenvalue weighted by atomic mass is 16.7. The van der Waals surface area contributed by atoms with Crippen molar-refractivity contribution in [3.8, 4) is 0 Å². The first-order valence-corrected chi connectivity index (χ1v) is 9.41. The summed E-state index contributed by atoms with van der Waals surface area (Å²) in [4.78, 5) is 12.2. The predicted molar refractivity (Wildman–Crippen MR) is 97.7 cm³/mol. The van der Waals surface area contributed by atoms with Gasteiger partial charge in [0.05, 0.1) is 17.3 Å². The Bertz CT molecular complexity index is 610. The average molecular weight is 360 g/mol. The first-order chi connectivity index (χ1) is 12.5. The highest BCUT2D eigenvalue weighted by Crippen LogP contribution is 2.42. The largest absolute Gasteiger partial charge is 0.456 e. The molecule has 2 fully saturated rings. The predicted octanol–water partition coefficient (Wildman–Crippen LogP) is 3.61. The lowest BCUT2D eigenvalue weighted by molar-refractivity contribution is -0.309. The number of aliphatic hydroxyl groups is 1. The van der Waals surface area contributed by atoms with Crippen molar-refractivity contribution >= 4 is 5.97 Å². The van der Waals surface area contributed by atoms with E-state index in [2.05, 4.69) is 6.58 Å². The number of allylic oxidation sites excluding steroid dienone is 1. The lowest BCUT2D eigenvalue weighted by Crippen LogP contribution is -2.53. The van der Waals surface area contributed by atoms with Crippen LogP contribution < -0.4 is 0 Å². The van der Waals surface area contributed by atoms with Crippen LogP contribution in [0.15, 0.2) is 43.0 Å². The van der Waals surface area contributed by atoms with Gasteiger partial charge >= 0.3 is 5.97 Å². The maximum Gasteiger partial charge on any atom is 0.338 e. The normalized spacial score (nSPS) is 30.2. The Hall–Kier alpha value is -1.69. The summed E-state index contributed by atoms with van der Waals surface area (Å²) in [5.74, 6) is -0.404. The third-order valence-corrected chi connectivity index (χ3v) is 5.36. The van der Waals surface area contributed by atoms with E-state index in [4.69, 9.17) is 14.2 Å². The zero-order chi connectivity index (χ0) is 18.6. The number of ether oxygens (including phenoxy) is 3. The topological polar surface area (TPSA) is 65.0 Å². The van der Waals surface area contributed by atoms with E-state index in [9.17, 15) is 9.90 Å². The summed E-state index contributed by atoms with van der Waals surface area (Å²) in [7, 11) is 0. The van der Waals surface area contributed by atoms with Gasteiger partial charge < -0.3 is 19.3 Å². The minimum Gasteiger partial charge on any atom is -0.456 e. The monoisotopic (exact) mass is 360 g/mol. The van der Waals surface area contributed by atoms with E-state index in [1.807, 2.05) is 19.1 Å². The van der Waals surface area contributed by atoms with Crippen molar-refractivity contribution in [2.24, 2.45) is 0 Å². The molecule has 1 saturated heterocycles. The molecule has 4 atom stereocenters. The van der Waals surface area contributed by atoms with Gasteiger partial charge in [-0.25, -0.2) is 4.79 Å². The molecule has 0 spiro atoms. The van der Waals surface area contributed by atoms with Gasteiger partial charge in [-0.3, -0.25) is 0 Å². The van der Waals surface area contributed by atoms with E-state index in [1.54, 1.807) is 24.3 Å². The Labute approximate surface area is 155 Å². The number of carbonyl (C=O) groups is 1. The lowest BCUT2D eigenvalue weighted by atomic mass is 9.76. The summed E-state index contributed by atoms with van der Waals surface area (Å²) >= 11 is 0. The fourth-order valence-electron chi connectivity index (χ4n) is 3.57. The van der Waals surface area contributed by atoms with Crippen LogP contribution in [0, 0.1) is 0 Å². The molecule has 5 heteroatoms. The quantitative estimate of drug-likeness (QED) is 0.594. The number of carbonyl (C=O) groups excluding carboxylic acids is 1. The average Bonchev–Trinajstić information content (AvgIpc) is 2.61. The van der Waals surface area contributed by atoms with E-state index >= 15 is 0 Å². The first-order valence-electron chi connectivity index (χ1n) is 9.41. The maximum atomic E-state index is 12.2. The Balaban J connectivity index is 1.57. The summed E-state index contributed by atoms with van der Waals surface area (Å²) in [5, 5.41) is 10.5. The molecular weight excluding hydrogens is 332 g/mol. The number of hydrogen-bond acceptors (Lipinski definition) is 5. The summed E-state index contributed by atoms with van der Waals surface area (Å²) in [5.41, 5.74) is 0.276.